The largest absolute Gasteiger partial charge is 0.493 e. The number of nitrogens with zero attached hydrogens (tertiary/aromatic N) is 2. The van der Waals surface area contributed by atoms with Gasteiger partial charge in [0.15, 0.2) is 23.0 Å². The number of ether oxygens (including phenoxy) is 4. The summed E-state index contributed by atoms with van der Waals surface area (Å²) in [5, 5.41) is 3.24. The fourth-order valence-electron chi connectivity index (χ4n) is 4.97. The Balaban J connectivity index is 1.17. The number of hydrogen-bond acceptors (Lipinski definition) is 8. The number of aromatic nitrogens is 1. The van der Waals surface area contributed by atoms with Crippen LogP contribution in [0, 0.1) is 5.92 Å². The molecular formula is C31H33N3O6. The molecule has 5 rings (SSSR count). The van der Waals surface area contributed by atoms with E-state index in [9.17, 15) is 9.59 Å². The van der Waals surface area contributed by atoms with Crippen molar-refractivity contribution < 1.29 is 28.5 Å². The molecule has 2 aromatic carbocycles. The van der Waals surface area contributed by atoms with Crippen molar-refractivity contribution in [1.82, 2.24) is 15.2 Å². The predicted octanol–water partition coefficient (Wildman–Crippen LogP) is 4.38. The van der Waals surface area contributed by atoms with Crippen LogP contribution in [0.4, 0.5) is 0 Å². The van der Waals surface area contributed by atoms with Gasteiger partial charge in [-0.3, -0.25) is 19.5 Å². The third-order valence-electron chi connectivity index (χ3n) is 7.07. The Morgan fingerprint density at radius 2 is 1.90 bits per heavy atom. The van der Waals surface area contributed by atoms with Crippen LogP contribution in [0.5, 0.6) is 23.0 Å². The summed E-state index contributed by atoms with van der Waals surface area (Å²) in [6.07, 6.45) is 7.40. The number of carbonyl (C=O) groups excluding carboxylic acids is 2. The highest BCUT2D eigenvalue weighted by Crippen LogP contribution is 2.35. The molecule has 1 N–H and O–H groups in total. The Kier molecular flexibility index (Phi) is 8.61. The number of fused-ring (bicyclic) bond motifs is 1. The van der Waals surface area contributed by atoms with Gasteiger partial charge in [-0.05, 0) is 73.5 Å². The third-order valence-corrected chi connectivity index (χ3v) is 7.07. The Hall–Kier alpha value is -4.37. The number of piperidine rings is 1. The SMILES string of the molecule is COc1cc(/C=C/CN2CCC(C(=O)NC(c3ccc4c(c3)OCO4)c3ccccn3)CC2)ccc1OC(C)=O. The molecule has 3 aromatic rings. The summed E-state index contributed by atoms with van der Waals surface area (Å²) in [6, 6.07) is 16.5. The highest BCUT2D eigenvalue weighted by atomic mass is 16.7. The molecule has 1 unspecified atom stereocenters. The molecule has 0 aliphatic carbocycles. The van der Waals surface area contributed by atoms with Gasteiger partial charge in [-0.25, -0.2) is 0 Å². The lowest BCUT2D eigenvalue weighted by molar-refractivity contribution is -0.132. The molecule has 1 saturated heterocycles. The van der Waals surface area contributed by atoms with Crippen molar-refractivity contribution in [1.29, 1.82) is 0 Å². The fraction of sp³-hybridized carbons (Fsp3) is 0.323. The highest BCUT2D eigenvalue weighted by Gasteiger charge is 2.28. The van der Waals surface area contributed by atoms with Gasteiger partial charge in [0.2, 0.25) is 12.7 Å². The third kappa shape index (κ3) is 6.60. The number of nitrogens with one attached hydrogen (secondary N) is 1. The van der Waals surface area contributed by atoms with Crippen LogP contribution in [0.3, 0.4) is 0 Å². The molecule has 208 valence electrons. The Morgan fingerprint density at radius 3 is 2.65 bits per heavy atom. The lowest BCUT2D eigenvalue weighted by Crippen LogP contribution is -2.41. The standard InChI is InChI=1S/C31H33N3O6/c1-21(35)40-27-10-8-22(18-28(27)37-2)6-5-15-34-16-12-23(13-17-34)31(36)33-30(25-7-3-4-14-32-25)24-9-11-26-29(19-24)39-20-38-26/h3-11,14,18-19,23,30H,12-13,15-17,20H2,1-2H3,(H,33,36)/b6-5+. The van der Waals surface area contributed by atoms with Gasteiger partial charge in [0.25, 0.3) is 0 Å². The lowest BCUT2D eigenvalue weighted by Gasteiger charge is -2.31. The van der Waals surface area contributed by atoms with Gasteiger partial charge < -0.3 is 24.3 Å². The number of carbonyl (C=O) groups is 2. The van der Waals surface area contributed by atoms with Gasteiger partial charge in [-0.15, -0.1) is 0 Å². The first-order chi connectivity index (χ1) is 19.5. The molecule has 3 heterocycles. The average molecular weight is 544 g/mol. The van der Waals surface area contributed by atoms with Gasteiger partial charge in [0, 0.05) is 25.6 Å². The summed E-state index contributed by atoms with van der Waals surface area (Å²) < 4.78 is 21.5. The number of likely N-dealkylation sites (tertiary alicyclic amines) is 1. The van der Waals surface area contributed by atoms with Crippen molar-refractivity contribution in [3.8, 4) is 23.0 Å². The van der Waals surface area contributed by atoms with Crippen LogP contribution in [0.2, 0.25) is 0 Å². The smallest absolute Gasteiger partial charge is 0.308 e. The number of rotatable bonds is 9. The predicted molar refractivity (Wildman–Crippen MR) is 149 cm³/mol. The van der Waals surface area contributed by atoms with Gasteiger partial charge in [-0.2, -0.15) is 0 Å². The first-order valence-electron chi connectivity index (χ1n) is 13.4. The van der Waals surface area contributed by atoms with Crippen molar-refractivity contribution in [3.05, 3.63) is 83.7 Å². The number of methoxy groups -OCH3 is 1. The second kappa shape index (κ2) is 12.7. The summed E-state index contributed by atoms with van der Waals surface area (Å²) in [5.41, 5.74) is 2.62. The first kappa shape index (κ1) is 27.2. The van der Waals surface area contributed by atoms with E-state index < -0.39 is 0 Å². The molecule has 9 heteroatoms. The molecule has 0 radical (unpaired) electrons. The van der Waals surface area contributed by atoms with Crippen molar-refractivity contribution >= 4 is 18.0 Å². The van der Waals surface area contributed by atoms with E-state index in [1.165, 1.54) is 6.92 Å². The van der Waals surface area contributed by atoms with E-state index in [4.69, 9.17) is 18.9 Å². The van der Waals surface area contributed by atoms with Crippen molar-refractivity contribution in [2.45, 2.75) is 25.8 Å². The summed E-state index contributed by atoms with van der Waals surface area (Å²) >= 11 is 0. The number of amides is 1. The number of benzene rings is 2. The quantitative estimate of drug-likeness (QED) is 0.314. The van der Waals surface area contributed by atoms with Crippen LogP contribution in [-0.4, -0.2) is 55.3 Å². The fourth-order valence-corrected chi connectivity index (χ4v) is 4.97. The van der Waals surface area contributed by atoms with Crippen molar-refractivity contribution in [2.75, 3.05) is 33.5 Å². The summed E-state index contributed by atoms with van der Waals surface area (Å²) in [4.78, 5) is 31.5. The van der Waals surface area contributed by atoms with Crippen LogP contribution in [0.1, 0.15) is 42.6 Å². The summed E-state index contributed by atoms with van der Waals surface area (Å²) in [5.74, 6) is 1.85. The minimum absolute atomic E-state index is 0.0310. The van der Waals surface area contributed by atoms with Crippen LogP contribution in [0.25, 0.3) is 6.08 Å². The minimum Gasteiger partial charge on any atom is -0.493 e. The topological polar surface area (TPSA) is 99.2 Å². The van der Waals surface area contributed by atoms with E-state index in [0.29, 0.717) is 23.0 Å². The van der Waals surface area contributed by atoms with Crippen LogP contribution in [-0.2, 0) is 9.59 Å². The second-order valence-corrected chi connectivity index (χ2v) is 9.79. The number of esters is 1. The monoisotopic (exact) mass is 543 g/mol. The van der Waals surface area contributed by atoms with E-state index in [0.717, 1.165) is 49.3 Å². The highest BCUT2D eigenvalue weighted by molar-refractivity contribution is 5.79. The van der Waals surface area contributed by atoms with Gasteiger partial charge in [-0.1, -0.05) is 30.4 Å². The zero-order chi connectivity index (χ0) is 27.9. The lowest BCUT2D eigenvalue weighted by atomic mass is 9.94. The maximum atomic E-state index is 13.4. The van der Waals surface area contributed by atoms with Crippen molar-refractivity contribution in [2.24, 2.45) is 5.92 Å². The van der Waals surface area contributed by atoms with E-state index >= 15 is 0 Å². The molecular weight excluding hydrogens is 510 g/mol. The van der Waals surface area contributed by atoms with Gasteiger partial charge in [0.1, 0.15) is 0 Å². The summed E-state index contributed by atoms with van der Waals surface area (Å²) in [6.45, 7) is 3.99. The van der Waals surface area contributed by atoms with Gasteiger partial charge >= 0.3 is 5.97 Å². The van der Waals surface area contributed by atoms with Crippen molar-refractivity contribution in [3.63, 3.8) is 0 Å². The zero-order valence-corrected chi connectivity index (χ0v) is 22.7. The molecule has 1 atom stereocenters. The molecule has 2 aliphatic heterocycles. The Morgan fingerprint density at radius 1 is 1.07 bits per heavy atom. The minimum atomic E-state index is -0.390. The van der Waals surface area contributed by atoms with E-state index in [2.05, 4.69) is 21.3 Å². The number of pyridine rings is 1. The zero-order valence-electron chi connectivity index (χ0n) is 22.7. The molecule has 2 aliphatic rings. The molecule has 1 aromatic heterocycles. The number of hydrogen-bond donors (Lipinski definition) is 1. The molecule has 0 spiro atoms. The van der Waals surface area contributed by atoms with Gasteiger partial charge in [0.05, 0.1) is 18.8 Å². The average Bonchev–Trinajstić information content (AvgIpc) is 3.45. The Labute approximate surface area is 233 Å². The Bertz CT molecular complexity index is 1370. The van der Waals surface area contributed by atoms with E-state index in [1.54, 1.807) is 19.4 Å². The second-order valence-electron chi connectivity index (χ2n) is 9.79. The first-order valence-corrected chi connectivity index (χ1v) is 13.4. The maximum Gasteiger partial charge on any atom is 0.308 e. The molecule has 40 heavy (non-hydrogen) atoms. The van der Waals surface area contributed by atoms with Crippen LogP contribution < -0.4 is 24.3 Å². The van der Waals surface area contributed by atoms with E-state index in [1.807, 2.05) is 54.6 Å². The van der Waals surface area contributed by atoms with Crippen LogP contribution in [0.15, 0.2) is 66.9 Å². The van der Waals surface area contributed by atoms with Crippen LogP contribution >= 0.6 is 0 Å². The molecule has 1 amide bonds. The molecule has 1 fully saturated rings. The maximum absolute atomic E-state index is 13.4. The molecule has 9 nitrogen and oxygen atoms in total. The van der Waals surface area contributed by atoms with E-state index in [-0.39, 0.29) is 30.6 Å². The molecule has 0 saturated carbocycles. The molecule has 0 bridgehead atoms. The summed E-state index contributed by atoms with van der Waals surface area (Å²) in [7, 11) is 1.55. The normalized spacial score (nSPS) is 16.1.